The molecule has 0 N–H and O–H groups in total. The number of aromatic nitrogens is 2. The minimum atomic E-state index is -0.316. The van der Waals surface area contributed by atoms with Crippen LogP contribution in [0.4, 0.5) is 10.2 Å². The lowest BCUT2D eigenvalue weighted by Crippen LogP contribution is -2.38. The number of halogens is 1. The number of hydrogen-bond acceptors (Lipinski definition) is 4. The largest absolute Gasteiger partial charge is 0.343 e. The number of benzene rings is 1. The van der Waals surface area contributed by atoms with Crippen molar-refractivity contribution < 1.29 is 14.0 Å². The zero-order chi connectivity index (χ0) is 20.5. The number of piperidine rings is 1. The number of nitrogens with zero attached hydrogens (tertiary/aromatic N) is 4. The fourth-order valence-corrected chi connectivity index (χ4v) is 4.22. The van der Waals surface area contributed by atoms with Crippen LogP contribution in [-0.2, 0) is 22.6 Å². The summed E-state index contributed by atoms with van der Waals surface area (Å²) in [6.07, 6.45) is 2.66. The van der Waals surface area contributed by atoms with Crippen molar-refractivity contribution in [3.63, 3.8) is 0 Å². The SMILES string of the molecule is CC(=O)N1CCC(c2nc(C)c3c(n2)N(Cc2cccc(F)c2)C(=O)CC3)CC1. The third-order valence-electron chi connectivity index (χ3n) is 5.89. The highest BCUT2D eigenvalue weighted by Crippen LogP contribution is 2.33. The average Bonchev–Trinajstić information content (AvgIpc) is 2.70. The predicted octanol–water partition coefficient (Wildman–Crippen LogP) is 3.13. The van der Waals surface area contributed by atoms with E-state index in [1.807, 2.05) is 17.9 Å². The van der Waals surface area contributed by atoms with E-state index in [0.29, 0.717) is 38.3 Å². The first-order chi connectivity index (χ1) is 13.9. The van der Waals surface area contributed by atoms with E-state index in [9.17, 15) is 14.0 Å². The maximum Gasteiger partial charge on any atom is 0.228 e. The zero-order valence-corrected chi connectivity index (χ0v) is 16.8. The van der Waals surface area contributed by atoms with Gasteiger partial charge in [-0.3, -0.25) is 14.5 Å². The predicted molar refractivity (Wildman–Crippen MR) is 107 cm³/mol. The number of carbonyl (C=O) groups excluding carboxylic acids is 2. The first-order valence-electron chi connectivity index (χ1n) is 10.1. The third kappa shape index (κ3) is 3.99. The van der Waals surface area contributed by atoms with Gasteiger partial charge >= 0.3 is 0 Å². The van der Waals surface area contributed by atoms with Gasteiger partial charge in [0.2, 0.25) is 11.8 Å². The molecule has 0 bridgehead atoms. The van der Waals surface area contributed by atoms with Crippen LogP contribution in [0.1, 0.15) is 54.7 Å². The second kappa shape index (κ2) is 7.89. The number of carbonyl (C=O) groups is 2. The second-order valence-electron chi connectivity index (χ2n) is 7.86. The summed E-state index contributed by atoms with van der Waals surface area (Å²) in [4.78, 5) is 37.4. The Morgan fingerprint density at radius 1 is 1.21 bits per heavy atom. The van der Waals surface area contributed by atoms with Gasteiger partial charge in [-0.25, -0.2) is 14.4 Å². The summed E-state index contributed by atoms with van der Waals surface area (Å²) >= 11 is 0. The Hall–Kier alpha value is -2.83. The maximum atomic E-state index is 13.6. The monoisotopic (exact) mass is 396 g/mol. The summed E-state index contributed by atoms with van der Waals surface area (Å²) in [5.41, 5.74) is 2.63. The van der Waals surface area contributed by atoms with Crippen LogP contribution in [0.3, 0.4) is 0 Å². The molecule has 6 nitrogen and oxygen atoms in total. The summed E-state index contributed by atoms with van der Waals surface area (Å²) in [6.45, 7) is 5.25. The van der Waals surface area contributed by atoms with Crippen LogP contribution in [0.15, 0.2) is 24.3 Å². The Balaban J connectivity index is 1.63. The number of likely N-dealkylation sites (tertiary alicyclic amines) is 1. The lowest BCUT2D eigenvalue weighted by atomic mass is 9.95. The molecule has 2 aromatic rings. The van der Waals surface area contributed by atoms with E-state index in [-0.39, 0.29) is 23.5 Å². The third-order valence-corrected chi connectivity index (χ3v) is 5.89. The molecular weight excluding hydrogens is 371 g/mol. The summed E-state index contributed by atoms with van der Waals surface area (Å²) in [7, 11) is 0. The highest BCUT2D eigenvalue weighted by atomic mass is 19.1. The number of aryl methyl sites for hydroxylation is 1. The lowest BCUT2D eigenvalue weighted by molar-refractivity contribution is -0.129. The van der Waals surface area contributed by atoms with Crippen LogP contribution in [0.2, 0.25) is 0 Å². The van der Waals surface area contributed by atoms with Crippen LogP contribution in [0.25, 0.3) is 0 Å². The minimum absolute atomic E-state index is 0.00258. The van der Waals surface area contributed by atoms with Crippen molar-refractivity contribution in [2.24, 2.45) is 0 Å². The molecule has 152 valence electrons. The molecular formula is C22H25FN4O2. The first-order valence-corrected chi connectivity index (χ1v) is 10.1. The van der Waals surface area contributed by atoms with E-state index >= 15 is 0 Å². The van der Waals surface area contributed by atoms with Gasteiger partial charge in [0.1, 0.15) is 17.5 Å². The van der Waals surface area contributed by atoms with E-state index in [0.717, 1.165) is 35.5 Å². The Labute approximate surface area is 169 Å². The Morgan fingerprint density at radius 2 is 1.97 bits per heavy atom. The molecule has 1 aromatic heterocycles. The molecule has 1 fully saturated rings. The van der Waals surface area contributed by atoms with Crippen molar-refractivity contribution in [2.45, 2.75) is 52.0 Å². The van der Waals surface area contributed by atoms with Crippen molar-refractivity contribution in [2.75, 3.05) is 18.0 Å². The summed E-state index contributed by atoms with van der Waals surface area (Å²) in [6, 6.07) is 6.32. The molecule has 29 heavy (non-hydrogen) atoms. The van der Waals surface area contributed by atoms with Gasteiger partial charge in [0, 0.05) is 43.6 Å². The van der Waals surface area contributed by atoms with Crippen LogP contribution in [0, 0.1) is 12.7 Å². The number of hydrogen-bond donors (Lipinski definition) is 0. The van der Waals surface area contributed by atoms with E-state index < -0.39 is 0 Å². The van der Waals surface area contributed by atoms with Crippen LogP contribution >= 0.6 is 0 Å². The van der Waals surface area contributed by atoms with Crippen molar-refractivity contribution in [3.05, 3.63) is 52.7 Å². The molecule has 2 amide bonds. The number of fused-ring (bicyclic) bond motifs is 1. The topological polar surface area (TPSA) is 66.4 Å². The van der Waals surface area contributed by atoms with E-state index in [1.54, 1.807) is 17.9 Å². The molecule has 3 heterocycles. The molecule has 2 aliphatic heterocycles. The summed E-state index contributed by atoms with van der Waals surface area (Å²) in [5, 5.41) is 0. The summed E-state index contributed by atoms with van der Waals surface area (Å²) in [5.74, 6) is 1.34. The first kappa shape index (κ1) is 19.5. The number of amides is 2. The molecule has 0 aliphatic carbocycles. The normalized spacial score (nSPS) is 17.4. The average molecular weight is 396 g/mol. The summed E-state index contributed by atoms with van der Waals surface area (Å²) < 4.78 is 13.6. The van der Waals surface area contributed by atoms with Crippen molar-refractivity contribution in [3.8, 4) is 0 Å². The standard InChI is InChI=1S/C22H25FN4O2/c1-14-19-6-7-20(29)27(13-16-4-3-5-18(23)12-16)22(19)25-21(24-14)17-8-10-26(11-9-17)15(2)28/h3-5,12,17H,6-11,13H2,1-2H3. The van der Waals surface area contributed by atoms with Gasteiger partial charge in [0.15, 0.2) is 0 Å². The van der Waals surface area contributed by atoms with Gasteiger partial charge in [-0.05, 0) is 43.9 Å². The fraction of sp³-hybridized carbons (Fsp3) is 0.455. The molecule has 7 heteroatoms. The number of anilines is 1. The highest BCUT2D eigenvalue weighted by Gasteiger charge is 2.31. The van der Waals surface area contributed by atoms with Crippen LogP contribution < -0.4 is 4.90 Å². The molecule has 2 aliphatic rings. The minimum Gasteiger partial charge on any atom is -0.343 e. The van der Waals surface area contributed by atoms with Crippen LogP contribution in [-0.4, -0.2) is 39.8 Å². The fourth-order valence-electron chi connectivity index (χ4n) is 4.22. The zero-order valence-electron chi connectivity index (χ0n) is 16.8. The quantitative estimate of drug-likeness (QED) is 0.800. The number of rotatable bonds is 3. The molecule has 1 aromatic carbocycles. The van der Waals surface area contributed by atoms with Gasteiger partial charge in [-0.1, -0.05) is 12.1 Å². The Kier molecular flexibility index (Phi) is 5.30. The smallest absolute Gasteiger partial charge is 0.228 e. The van der Waals surface area contributed by atoms with Gasteiger partial charge in [0.05, 0.1) is 6.54 Å². The van der Waals surface area contributed by atoms with Gasteiger partial charge in [-0.15, -0.1) is 0 Å². The molecule has 0 unspecified atom stereocenters. The second-order valence-corrected chi connectivity index (χ2v) is 7.86. The molecule has 1 saturated heterocycles. The molecule has 0 spiro atoms. The molecule has 0 radical (unpaired) electrons. The molecule has 0 atom stereocenters. The van der Waals surface area contributed by atoms with E-state index in [2.05, 4.69) is 0 Å². The Bertz CT molecular complexity index is 954. The van der Waals surface area contributed by atoms with Crippen molar-refractivity contribution >= 4 is 17.6 Å². The molecule has 4 rings (SSSR count). The lowest BCUT2D eigenvalue weighted by Gasteiger charge is -2.33. The van der Waals surface area contributed by atoms with E-state index in [1.165, 1.54) is 12.1 Å². The Morgan fingerprint density at radius 3 is 2.66 bits per heavy atom. The maximum absolute atomic E-state index is 13.6. The van der Waals surface area contributed by atoms with Gasteiger partial charge < -0.3 is 4.90 Å². The van der Waals surface area contributed by atoms with Gasteiger partial charge in [-0.2, -0.15) is 0 Å². The van der Waals surface area contributed by atoms with Crippen LogP contribution in [0.5, 0.6) is 0 Å². The van der Waals surface area contributed by atoms with Crippen molar-refractivity contribution in [1.82, 2.24) is 14.9 Å². The van der Waals surface area contributed by atoms with Gasteiger partial charge in [0.25, 0.3) is 0 Å². The van der Waals surface area contributed by atoms with Crippen molar-refractivity contribution in [1.29, 1.82) is 0 Å². The van der Waals surface area contributed by atoms with E-state index in [4.69, 9.17) is 9.97 Å². The highest BCUT2D eigenvalue weighted by molar-refractivity contribution is 5.95. The molecule has 0 saturated carbocycles.